The summed E-state index contributed by atoms with van der Waals surface area (Å²) in [4.78, 5) is 24.8. The minimum atomic E-state index is -0.223. The van der Waals surface area contributed by atoms with Gasteiger partial charge in [-0.25, -0.2) is 9.97 Å². The lowest BCUT2D eigenvalue weighted by Crippen LogP contribution is -2.34. The minimum Gasteiger partial charge on any atom is -0.490 e. The van der Waals surface area contributed by atoms with Gasteiger partial charge in [-0.05, 0) is 62.3 Å². The van der Waals surface area contributed by atoms with E-state index in [0.29, 0.717) is 22.0 Å². The minimum absolute atomic E-state index is 0.223. The molecule has 7 nitrogen and oxygen atoms in total. The van der Waals surface area contributed by atoms with Gasteiger partial charge in [0.25, 0.3) is 5.91 Å². The Kier molecular flexibility index (Phi) is 5.17. The molecule has 0 saturated carbocycles. The quantitative estimate of drug-likeness (QED) is 0.454. The third-order valence-electron chi connectivity index (χ3n) is 5.13. The number of aromatic amines is 1. The number of carbonyl (C=O) groups is 1. The second-order valence-corrected chi connectivity index (χ2v) is 8.06. The Morgan fingerprint density at radius 1 is 1.13 bits per heavy atom. The van der Waals surface area contributed by atoms with Gasteiger partial charge in [-0.3, -0.25) is 10.1 Å². The van der Waals surface area contributed by atoms with E-state index in [2.05, 4.69) is 20.6 Å². The van der Waals surface area contributed by atoms with Gasteiger partial charge in [0.2, 0.25) is 0 Å². The maximum atomic E-state index is 12.7. The smallest absolute Gasteiger partial charge is 0.259 e. The molecule has 1 fully saturated rings. The second kappa shape index (κ2) is 8.25. The molecule has 3 heterocycles. The predicted molar refractivity (Wildman–Crippen MR) is 118 cm³/mol. The highest BCUT2D eigenvalue weighted by atomic mass is 32.1. The van der Waals surface area contributed by atoms with Crippen LogP contribution in [0, 0.1) is 0 Å². The van der Waals surface area contributed by atoms with E-state index in [4.69, 9.17) is 9.72 Å². The van der Waals surface area contributed by atoms with E-state index in [-0.39, 0.29) is 12.0 Å². The Hall–Kier alpha value is -3.23. The normalized spacial score (nSPS) is 14.7. The number of hydrogen-bond donors (Lipinski definition) is 3. The van der Waals surface area contributed by atoms with Gasteiger partial charge in [-0.1, -0.05) is 6.07 Å². The summed E-state index contributed by atoms with van der Waals surface area (Å²) in [5.74, 6) is 1.36. The van der Waals surface area contributed by atoms with Crippen LogP contribution in [0.4, 0.5) is 5.13 Å². The van der Waals surface area contributed by atoms with Crippen molar-refractivity contribution in [1.29, 1.82) is 0 Å². The molecule has 1 aliphatic rings. The topological polar surface area (TPSA) is 91.9 Å². The van der Waals surface area contributed by atoms with E-state index in [9.17, 15) is 4.79 Å². The van der Waals surface area contributed by atoms with Crippen LogP contribution in [-0.4, -0.2) is 40.1 Å². The first-order valence-corrected chi connectivity index (χ1v) is 10.8. The van der Waals surface area contributed by atoms with Gasteiger partial charge in [0, 0.05) is 17.1 Å². The number of rotatable bonds is 5. The van der Waals surface area contributed by atoms with E-state index in [1.807, 2.05) is 41.8 Å². The Morgan fingerprint density at radius 3 is 2.73 bits per heavy atom. The van der Waals surface area contributed by atoms with Gasteiger partial charge < -0.3 is 15.0 Å². The highest BCUT2D eigenvalue weighted by Crippen LogP contribution is 2.26. The van der Waals surface area contributed by atoms with Crippen molar-refractivity contribution in [3.63, 3.8) is 0 Å². The fourth-order valence-corrected chi connectivity index (χ4v) is 4.12. The summed E-state index contributed by atoms with van der Waals surface area (Å²) >= 11 is 1.38. The number of nitrogens with one attached hydrogen (secondary N) is 3. The lowest BCUT2D eigenvalue weighted by molar-refractivity contribution is 0.102. The van der Waals surface area contributed by atoms with E-state index in [0.717, 1.165) is 42.8 Å². The van der Waals surface area contributed by atoms with Gasteiger partial charge in [0.15, 0.2) is 5.13 Å². The zero-order valence-corrected chi connectivity index (χ0v) is 17.0. The Bertz CT molecular complexity index is 1150. The highest BCUT2D eigenvalue weighted by molar-refractivity contribution is 7.13. The number of anilines is 1. The van der Waals surface area contributed by atoms with Crippen molar-refractivity contribution in [2.24, 2.45) is 0 Å². The standard InChI is InChI=1S/C22H21N5O2S/c28-21(27-22-24-12-13-30-22)17-2-1-3-18-19(17)26-20(25-18)14-4-6-15(7-5-14)29-16-8-10-23-11-9-16/h1-7,12-13,16,23H,8-11H2,(H,25,26)(H,24,27,28). The summed E-state index contributed by atoms with van der Waals surface area (Å²) in [6.07, 6.45) is 3.97. The zero-order valence-electron chi connectivity index (χ0n) is 16.2. The molecule has 3 N–H and O–H groups in total. The summed E-state index contributed by atoms with van der Waals surface area (Å²) in [6.45, 7) is 2.00. The van der Waals surface area contributed by atoms with Crippen LogP contribution in [0.3, 0.4) is 0 Å². The molecule has 8 heteroatoms. The van der Waals surface area contributed by atoms with Crippen molar-refractivity contribution in [3.8, 4) is 17.1 Å². The van der Waals surface area contributed by atoms with Crippen LogP contribution >= 0.6 is 11.3 Å². The number of amides is 1. The number of para-hydroxylation sites is 1. The molecule has 1 saturated heterocycles. The lowest BCUT2D eigenvalue weighted by Gasteiger charge is -2.23. The van der Waals surface area contributed by atoms with Crippen molar-refractivity contribution in [2.75, 3.05) is 18.4 Å². The molecule has 0 atom stereocenters. The Labute approximate surface area is 177 Å². The molecule has 2 aromatic heterocycles. The van der Waals surface area contributed by atoms with Crippen molar-refractivity contribution in [1.82, 2.24) is 20.3 Å². The fraction of sp³-hybridized carbons (Fsp3) is 0.227. The van der Waals surface area contributed by atoms with Crippen molar-refractivity contribution < 1.29 is 9.53 Å². The average molecular weight is 420 g/mol. The number of carbonyl (C=O) groups excluding carboxylic acids is 1. The summed E-state index contributed by atoms with van der Waals surface area (Å²) in [6, 6.07) is 13.5. The predicted octanol–water partition coefficient (Wildman–Crippen LogP) is 4.07. The van der Waals surface area contributed by atoms with Crippen LogP contribution in [-0.2, 0) is 0 Å². The molecule has 30 heavy (non-hydrogen) atoms. The molecular formula is C22H21N5O2S. The molecular weight excluding hydrogens is 398 g/mol. The fourth-order valence-electron chi connectivity index (χ4n) is 3.60. The number of aromatic nitrogens is 3. The number of H-pyrrole nitrogens is 1. The van der Waals surface area contributed by atoms with E-state index in [1.54, 1.807) is 12.3 Å². The Balaban J connectivity index is 1.37. The zero-order chi connectivity index (χ0) is 20.3. The van der Waals surface area contributed by atoms with Crippen LogP contribution in [0.15, 0.2) is 54.0 Å². The molecule has 0 spiro atoms. The number of hydrogen-bond acceptors (Lipinski definition) is 6. The molecule has 152 valence electrons. The maximum Gasteiger partial charge on any atom is 0.259 e. The molecule has 5 rings (SSSR count). The third-order valence-corrected chi connectivity index (χ3v) is 5.82. The number of piperidine rings is 1. The SMILES string of the molecule is O=C(Nc1nccs1)c1cccc2[nH]c(-c3ccc(OC4CCNCC4)cc3)nc12. The van der Waals surface area contributed by atoms with Crippen LogP contribution in [0.1, 0.15) is 23.2 Å². The number of fused-ring (bicyclic) bond motifs is 1. The molecule has 4 aromatic rings. The van der Waals surface area contributed by atoms with Crippen molar-refractivity contribution >= 4 is 33.4 Å². The van der Waals surface area contributed by atoms with Gasteiger partial charge in [-0.2, -0.15) is 0 Å². The average Bonchev–Trinajstić information content (AvgIpc) is 3.44. The summed E-state index contributed by atoms with van der Waals surface area (Å²) in [5, 5.41) is 8.55. The Morgan fingerprint density at radius 2 is 1.97 bits per heavy atom. The first-order chi connectivity index (χ1) is 14.8. The van der Waals surface area contributed by atoms with Gasteiger partial charge in [0.05, 0.1) is 11.1 Å². The first kappa shape index (κ1) is 18.8. The summed E-state index contributed by atoms with van der Waals surface area (Å²) in [7, 11) is 0. The monoisotopic (exact) mass is 419 g/mol. The summed E-state index contributed by atoms with van der Waals surface area (Å²) < 4.78 is 6.08. The molecule has 0 unspecified atom stereocenters. The lowest BCUT2D eigenvalue weighted by atomic mass is 10.1. The second-order valence-electron chi connectivity index (χ2n) is 7.17. The number of ether oxygens (including phenoxy) is 1. The number of imidazole rings is 1. The maximum absolute atomic E-state index is 12.7. The van der Waals surface area contributed by atoms with E-state index in [1.165, 1.54) is 11.3 Å². The van der Waals surface area contributed by atoms with Crippen LogP contribution < -0.4 is 15.4 Å². The molecule has 0 aliphatic carbocycles. The molecule has 1 amide bonds. The molecule has 1 aliphatic heterocycles. The largest absolute Gasteiger partial charge is 0.490 e. The van der Waals surface area contributed by atoms with Crippen LogP contribution in [0.2, 0.25) is 0 Å². The molecule has 0 radical (unpaired) electrons. The number of nitrogens with zero attached hydrogens (tertiary/aromatic N) is 2. The molecule has 0 bridgehead atoms. The molecule has 2 aromatic carbocycles. The first-order valence-electron chi connectivity index (χ1n) is 9.94. The third kappa shape index (κ3) is 3.92. The van der Waals surface area contributed by atoms with Crippen molar-refractivity contribution in [2.45, 2.75) is 18.9 Å². The number of benzene rings is 2. The van der Waals surface area contributed by atoms with Crippen molar-refractivity contribution in [3.05, 3.63) is 59.6 Å². The number of thiazole rings is 1. The van der Waals surface area contributed by atoms with E-state index >= 15 is 0 Å². The van der Waals surface area contributed by atoms with Gasteiger partial charge in [0.1, 0.15) is 23.2 Å². The van der Waals surface area contributed by atoms with Crippen LogP contribution in [0.5, 0.6) is 5.75 Å². The van der Waals surface area contributed by atoms with Gasteiger partial charge in [-0.15, -0.1) is 11.3 Å². The van der Waals surface area contributed by atoms with E-state index < -0.39 is 0 Å². The highest BCUT2D eigenvalue weighted by Gasteiger charge is 2.17. The van der Waals surface area contributed by atoms with Crippen LogP contribution in [0.25, 0.3) is 22.4 Å². The summed E-state index contributed by atoms with van der Waals surface area (Å²) in [5.41, 5.74) is 2.90. The van der Waals surface area contributed by atoms with Gasteiger partial charge >= 0.3 is 0 Å².